The van der Waals surface area contributed by atoms with Crippen LogP contribution < -0.4 is 0 Å². The minimum atomic E-state index is -4.93. The standard InChI is InChI=1S/C14H17F3N2O4/c1-9(10-5-4-6-11(7-10)19(22)23)18(3)12(20)8-13(2,21)14(15,16)17/h4-7,9,21H,8H2,1-3H3/t9-,13-/m0/s1. The van der Waals surface area contributed by atoms with E-state index in [1.54, 1.807) is 0 Å². The Morgan fingerprint density at radius 2 is 2.00 bits per heavy atom. The van der Waals surface area contributed by atoms with E-state index < -0.39 is 35.1 Å². The number of hydrogen-bond donors (Lipinski definition) is 1. The molecule has 0 aliphatic rings. The van der Waals surface area contributed by atoms with Gasteiger partial charge in [-0.25, -0.2) is 0 Å². The molecule has 1 aromatic carbocycles. The van der Waals surface area contributed by atoms with Crippen molar-refractivity contribution in [3.63, 3.8) is 0 Å². The predicted molar refractivity (Wildman–Crippen MR) is 75.6 cm³/mol. The number of aliphatic hydroxyl groups is 1. The maximum atomic E-state index is 12.6. The van der Waals surface area contributed by atoms with Gasteiger partial charge in [0, 0.05) is 19.2 Å². The molecule has 9 heteroatoms. The van der Waals surface area contributed by atoms with E-state index in [1.807, 2.05) is 0 Å². The van der Waals surface area contributed by atoms with Crippen molar-refractivity contribution in [2.45, 2.75) is 38.1 Å². The molecule has 2 atom stereocenters. The molecule has 1 amide bonds. The summed E-state index contributed by atoms with van der Waals surface area (Å²) in [7, 11) is 1.28. The Hall–Kier alpha value is -2.16. The van der Waals surface area contributed by atoms with Crippen LogP contribution in [0.4, 0.5) is 18.9 Å². The van der Waals surface area contributed by atoms with Gasteiger partial charge in [-0.3, -0.25) is 14.9 Å². The normalized spacial score (nSPS) is 15.6. The van der Waals surface area contributed by atoms with E-state index in [2.05, 4.69) is 0 Å². The maximum absolute atomic E-state index is 12.6. The van der Waals surface area contributed by atoms with Crippen LogP contribution in [-0.2, 0) is 4.79 Å². The van der Waals surface area contributed by atoms with Crippen molar-refractivity contribution in [3.8, 4) is 0 Å². The lowest BCUT2D eigenvalue weighted by Gasteiger charge is -2.30. The molecule has 6 nitrogen and oxygen atoms in total. The highest BCUT2D eigenvalue weighted by Crippen LogP contribution is 2.34. The zero-order valence-electron chi connectivity index (χ0n) is 12.8. The van der Waals surface area contributed by atoms with Gasteiger partial charge in [-0.05, 0) is 19.4 Å². The number of rotatable bonds is 5. The SMILES string of the molecule is C[C@@H](c1cccc([N+](=O)[O-])c1)N(C)C(=O)C[C@](C)(O)C(F)(F)F. The molecule has 1 rings (SSSR count). The summed E-state index contributed by atoms with van der Waals surface area (Å²) in [6, 6.07) is 4.78. The molecule has 0 aliphatic heterocycles. The van der Waals surface area contributed by atoms with Crippen LogP contribution in [0.25, 0.3) is 0 Å². The molecule has 0 fully saturated rings. The van der Waals surface area contributed by atoms with Crippen LogP contribution in [0.1, 0.15) is 31.9 Å². The monoisotopic (exact) mass is 334 g/mol. The molecular formula is C14H17F3N2O4. The Morgan fingerprint density at radius 3 is 2.48 bits per heavy atom. The molecule has 0 heterocycles. The van der Waals surface area contributed by atoms with Gasteiger partial charge in [0.2, 0.25) is 5.91 Å². The lowest BCUT2D eigenvalue weighted by molar-refractivity contribution is -0.384. The largest absolute Gasteiger partial charge is 0.417 e. The lowest BCUT2D eigenvalue weighted by atomic mass is 9.99. The molecule has 0 saturated carbocycles. The molecular weight excluding hydrogens is 317 g/mol. The second-order valence-corrected chi connectivity index (χ2v) is 5.48. The third-order valence-electron chi connectivity index (χ3n) is 3.64. The highest BCUT2D eigenvalue weighted by atomic mass is 19.4. The van der Waals surface area contributed by atoms with Crippen LogP contribution in [0.5, 0.6) is 0 Å². The zero-order chi connectivity index (χ0) is 18.0. The summed E-state index contributed by atoms with van der Waals surface area (Å²) in [5, 5.41) is 20.1. The first kappa shape index (κ1) is 18.9. The Bertz CT molecular complexity index is 602. The number of non-ortho nitro benzene ring substituents is 1. The van der Waals surface area contributed by atoms with E-state index in [0.29, 0.717) is 12.5 Å². The van der Waals surface area contributed by atoms with Crippen molar-refractivity contribution in [1.29, 1.82) is 0 Å². The van der Waals surface area contributed by atoms with Gasteiger partial charge in [-0.2, -0.15) is 13.2 Å². The highest BCUT2D eigenvalue weighted by molar-refractivity contribution is 5.77. The number of halogens is 3. The second-order valence-electron chi connectivity index (χ2n) is 5.48. The Kier molecular flexibility index (Phi) is 5.36. The average Bonchev–Trinajstić information content (AvgIpc) is 2.44. The quantitative estimate of drug-likeness (QED) is 0.663. The summed E-state index contributed by atoms with van der Waals surface area (Å²) in [6.45, 7) is 2.05. The smallest absolute Gasteiger partial charge is 0.380 e. The number of nitro groups is 1. The first-order valence-electron chi connectivity index (χ1n) is 6.66. The fourth-order valence-electron chi connectivity index (χ4n) is 1.86. The number of carbonyl (C=O) groups is 1. The molecule has 1 N–H and O–H groups in total. The van der Waals surface area contributed by atoms with E-state index in [1.165, 1.54) is 38.2 Å². The number of benzene rings is 1. The van der Waals surface area contributed by atoms with Crippen LogP contribution in [0, 0.1) is 10.1 Å². The van der Waals surface area contributed by atoms with Crippen molar-refractivity contribution in [3.05, 3.63) is 39.9 Å². The molecule has 1 aromatic rings. The minimum Gasteiger partial charge on any atom is -0.380 e. The molecule has 0 aromatic heterocycles. The van der Waals surface area contributed by atoms with Gasteiger partial charge in [0.25, 0.3) is 5.69 Å². The Labute approximate surface area is 130 Å². The minimum absolute atomic E-state index is 0.183. The summed E-state index contributed by atoms with van der Waals surface area (Å²) in [5.41, 5.74) is -2.92. The number of nitrogens with zero attached hydrogens (tertiary/aromatic N) is 2. The summed E-state index contributed by atoms with van der Waals surface area (Å²) in [6.07, 6.45) is -6.06. The number of carbonyl (C=O) groups excluding carboxylic acids is 1. The summed E-state index contributed by atoms with van der Waals surface area (Å²) in [4.78, 5) is 23.1. The van der Waals surface area contributed by atoms with Gasteiger partial charge in [-0.15, -0.1) is 0 Å². The number of hydrogen-bond acceptors (Lipinski definition) is 4. The van der Waals surface area contributed by atoms with Gasteiger partial charge in [0.05, 0.1) is 17.4 Å². The van der Waals surface area contributed by atoms with Gasteiger partial charge in [0.15, 0.2) is 5.60 Å². The van der Waals surface area contributed by atoms with E-state index in [9.17, 15) is 33.2 Å². The number of amides is 1. The zero-order valence-corrected chi connectivity index (χ0v) is 12.8. The third-order valence-corrected chi connectivity index (χ3v) is 3.64. The Morgan fingerprint density at radius 1 is 1.43 bits per heavy atom. The van der Waals surface area contributed by atoms with E-state index in [4.69, 9.17) is 0 Å². The third kappa shape index (κ3) is 4.41. The van der Waals surface area contributed by atoms with Gasteiger partial charge in [-0.1, -0.05) is 12.1 Å². The maximum Gasteiger partial charge on any atom is 0.417 e. The topological polar surface area (TPSA) is 83.7 Å². The fourth-order valence-corrected chi connectivity index (χ4v) is 1.86. The Balaban J connectivity index is 2.92. The van der Waals surface area contributed by atoms with Crippen LogP contribution in [0.2, 0.25) is 0 Å². The number of alkyl halides is 3. The van der Waals surface area contributed by atoms with Crippen LogP contribution >= 0.6 is 0 Å². The first-order chi connectivity index (χ1) is 10.4. The van der Waals surface area contributed by atoms with E-state index >= 15 is 0 Å². The van der Waals surface area contributed by atoms with Crippen molar-refractivity contribution < 1.29 is 28.0 Å². The van der Waals surface area contributed by atoms with Crippen molar-refractivity contribution in [1.82, 2.24) is 4.90 Å². The highest BCUT2D eigenvalue weighted by Gasteiger charge is 2.51. The molecule has 0 aliphatic carbocycles. The van der Waals surface area contributed by atoms with Crippen molar-refractivity contribution >= 4 is 11.6 Å². The van der Waals surface area contributed by atoms with Gasteiger partial charge >= 0.3 is 6.18 Å². The molecule has 0 bridgehead atoms. The predicted octanol–water partition coefficient (Wildman–Crippen LogP) is 2.82. The van der Waals surface area contributed by atoms with E-state index in [-0.39, 0.29) is 5.69 Å². The van der Waals surface area contributed by atoms with Crippen LogP contribution in [0.15, 0.2) is 24.3 Å². The summed E-state index contributed by atoms with van der Waals surface area (Å²) in [5.74, 6) is -0.925. The van der Waals surface area contributed by atoms with Gasteiger partial charge in [0.1, 0.15) is 0 Å². The summed E-state index contributed by atoms with van der Waals surface area (Å²) < 4.78 is 37.9. The van der Waals surface area contributed by atoms with E-state index in [0.717, 1.165) is 4.90 Å². The molecule has 0 saturated heterocycles. The summed E-state index contributed by atoms with van der Waals surface area (Å²) >= 11 is 0. The van der Waals surface area contributed by atoms with Crippen LogP contribution in [0.3, 0.4) is 0 Å². The molecule has 0 spiro atoms. The number of nitro benzene ring substituents is 1. The molecule has 128 valence electrons. The lowest BCUT2D eigenvalue weighted by Crippen LogP contribution is -2.46. The second kappa shape index (κ2) is 6.53. The molecule has 0 unspecified atom stereocenters. The van der Waals surface area contributed by atoms with Crippen LogP contribution in [-0.4, -0.2) is 39.7 Å². The molecule has 23 heavy (non-hydrogen) atoms. The molecule has 0 radical (unpaired) electrons. The first-order valence-corrected chi connectivity index (χ1v) is 6.66. The average molecular weight is 334 g/mol. The van der Waals surface area contributed by atoms with Gasteiger partial charge < -0.3 is 10.0 Å². The van der Waals surface area contributed by atoms with Crippen molar-refractivity contribution in [2.75, 3.05) is 7.05 Å². The van der Waals surface area contributed by atoms with Crippen molar-refractivity contribution in [2.24, 2.45) is 0 Å². The fraction of sp³-hybridized carbons (Fsp3) is 0.500.